The molecule has 6 heteroatoms. The molecule has 0 saturated heterocycles. The van der Waals surface area contributed by atoms with Crippen LogP contribution in [-0.2, 0) is 17.9 Å². The number of alkyl carbamates (subject to hydrolysis) is 1. The van der Waals surface area contributed by atoms with Gasteiger partial charge in [-0.2, -0.15) is 0 Å². The third-order valence-corrected chi connectivity index (χ3v) is 2.78. The van der Waals surface area contributed by atoms with Gasteiger partial charge in [-0.05, 0) is 50.5 Å². The van der Waals surface area contributed by atoms with Gasteiger partial charge >= 0.3 is 12.1 Å². The van der Waals surface area contributed by atoms with Gasteiger partial charge in [-0.15, -0.1) is 0 Å². The molecule has 116 valence electrons. The molecule has 6 nitrogen and oxygen atoms in total. The van der Waals surface area contributed by atoms with Crippen molar-refractivity contribution >= 4 is 12.1 Å². The Morgan fingerprint density at radius 1 is 1.24 bits per heavy atom. The number of hydrogen-bond donors (Lipinski definition) is 3. The zero-order chi connectivity index (χ0) is 16.2. The smallest absolute Gasteiger partial charge is 0.407 e. The highest BCUT2D eigenvalue weighted by atomic mass is 16.6. The van der Waals surface area contributed by atoms with Crippen LogP contribution in [0, 0.1) is 6.92 Å². The van der Waals surface area contributed by atoms with Gasteiger partial charge in [0, 0.05) is 6.54 Å². The predicted octanol–water partition coefficient (Wildman–Crippen LogP) is 2.21. The highest BCUT2D eigenvalue weighted by Gasteiger charge is 2.17. The minimum atomic E-state index is -1.09. The van der Waals surface area contributed by atoms with E-state index in [2.05, 4.69) is 5.32 Å². The first-order valence-corrected chi connectivity index (χ1v) is 6.57. The second-order valence-corrected chi connectivity index (χ2v) is 5.75. The van der Waals surface area contributed by atoms with Crippen molar-refractivity contribution in [1.82, 2.24) is 5.32 Å². The van der Waals surface area contributed by atoms with Crippen molar-refractivity contribution in [3.63, 3.8) is 0 Å². The number of carbonyl (C=O) groups is 2. The van der Waals surface area contributed by atoms with Crippen LogP contribution in [0.4, 0.5) is 4.79 Å². The Kier molecular flexibility index (Phi) is 5.32. The molecule has 1 aromatic rings. The molecule has 0 bridgehead atoms. The summed E-state index contributed by atoms with van der Waals surface area (Å²) < 4.78 is 5.12. The lowest BCUT2D eigenvalue weighted by Crippen LogP contribution is -2.32. The van der Waals surface area contributed by atoms with Gasteiger partial charge in [0.1, 0.15) is 5.60 Å². The normalized spacial score (nSPS) is 11.1. The van der Waals surface area contributed by atoms with Crippen LogP contribution >= 0.6 is 0 Å². The van der Waals surface area contributed by atoms with E-state index < -0.39 is 17.7 Å². The molecule has 0 aliphatic rings. The fourth-order valence-electron chi connectivity index (χ4n) is 1.81. The van der Waals surface area contributed by atoms with Gasteiger partial charge in [0.2, 0.25) is 0 Å². The van der Waals surface area contributed by atoms with E-state index in [4.69, 9.17) is 9.84 Å². The summed E-state index contributed by atoms with van der Waals surface area (Å²) in [5, 5.41) is 20.9. The molecule has 0 saturated carbocycles. The van der Waals surface area contributed by atoms with Gasteiger partial charge in [-0.3, -0.25) is 0 Å². The molecule has 0 heterocycles. The summed E-state index contributed by atoms with van der Waals surface area (Å²) in [5.74, 6) is -1.09. The van der Waals surface area contributed by atoms with Crippen LogP contribution in [0.15, 0.2) is 12.1 Å². The van der Waals surface area contributed by atoms with Crippen molar-refractivity contribution in [2.24, 2.45) is 0 Å². The monoisotopic (exact) mass is 295 g/mol. The molecule has 1 rings (SSSR count). The van der Waals surface area contributed by atoms with Crippen molar-refractivity contribution in [3.05, 3.63) is 34.4 Å². The van der Waals surface area contributed by atoms with Gasteiger partial charge in [0.15, 0.2) is 0 Å². The first-order valence-electron chi connectivity index (χ1n) is 6.57. The number of carbonyl (C=O) groups excluding carboxylic acids is 1. The fraction of sp³-hybridized carbons (Fsp3) is 0.467. The standard InChI is InChI=1S/C15H21NO5/c1-9-5-12(13(18)19)11(8-17)6-10(9)7-16-14(20)21-15(2,3)4/h5-6,17H,7-8H2,1-4H3,(H,16,20)(H,18,19). The quantitative estimate of drug-likeness (QED) is 0.791. The van der Waals surface area contributed by atoms with Crippen molar-refractivity contribution in [3.8, 4) is 0 Å². The molecule has 1 aromatic carbocycles. The van der Waals surface area contributed by atoms with Crippen LogP contribution < -0.4 is 5.32 Å². The van der Waals surface area contributed by atoms with Crippen LogP contribution in [0.5, 0.6) is 0 Å². The molecule has 0 aliphatic heterocycles. The van der Waals surface area contributed by atoms with Crippen molar-refractivity contribution in [2.75, 3.05) is 0 Å². The number of aryl methyl sites for hydroxylation is 1. The number of rotatable bonds is 4. The Morgan fingerprint density at radius 3 is 2.33 bits per heavy atom. The lowest BCUT2D eigenvalue weighted by molar-refractivity contribution is 0.0522. The summed E-state index contributed by atoms with van der Waals surface area (Å²) >= 11 is 0. The lowest BCUT2D eigenvalue weighted by atomic mass is 9.99. The molecule has 0 unspecified atom stereocenters. The fourth-order valence-corrected chi connectivity index (χ4v) is 1.81. The van der Waals surface area contributed by atoms with Crippen LogP contribution in [-0.4, -0.2) is 27.9 Å². The summed E-state index contributed by atoms with van der Waals surface area (Å²) in [6.07, 6.45) is -0.547. The van der Waals surface area contributed by atoms with Crippen LogP contribution in [0.3, 0.4) is 0 Å². The molecule has 0 fully saturated rings. The number of carboxylic acid groups (broad SMARTS) is 1. The SMILES string of the molecule is Cc1cc(C(=O)O)c(CO)cc1CNC(=O)OC(C)(C)C. The van der Waals surface area contributed by atoms with Gasteiger partial charge in [0.05, 0.1) is 12.2 Å². The number of aromatic carboxylic acids is 1. The minimum Gasteiger partial charge on any atom is -0.478 e. The zero-order valence-corrected chi connectivity index (χ0v) is 12.7. The number of carboxylic acids is 1. The second-order valence-electron chi connectivity index (χ2n) is 5.75. The third kappa shape index (κ3) is 5.07. The molecule has 0 radical (unpaired) electrons. The molecular weight excluding hydrogens is 274 g/mol. The van der Waals surface area contributed by atoms with E-state index in [0.717, 1.165) is 11.1 Å². The molecule has 0 spiro atoms. The van der Waals surface area contributed by atoms with Crippen molar-refractivity contribution in [2.45, 2.75) is 46.4 Å². The first-order chi connectivity index (χ1) is 9.64. The number of aliphatic hydroxyl groups is 1. The molecule has 0 atom stereocenters. The van der Waals surface area contributed by atoms with E-state index in [-0.39, 0.29) is 18.7 Å². The molecular formula is C15H21NO5. The second kappa shape index (κ2) is 6.58. The molecule has 21 heavy (non-hydrogen) atoms. The van der Waals surface area contributed by atoms with Crippen molar-refractivity contribution in [1.29, 1.82) is 0 Å². The van der Waals surface area contributed by atoms with Crippen LogP contribution in [0.1, 0.15) is 47.8 Å². The topological polar surface area (TPSA) is 95.9 Å². The van der Waals surface area contributed by atoms with E-state index in [0.29, 0.717) is 5.56 Å². The van der Waals surface area contributed by atoms with E-state index in [9.17, 15) is 14.7 Å². The maximum Gasteiger partial charge on any atom is 0.407 e. The van der Waals surface area contributed by atoms with E-state index >= 15 is 0 Å². The third-order valence-electron chi connectivity index (χ3n) is 2.78. The number of ether oxygens (including phenoxy) is 1. The molecule has 0 aromatic heterocycles. The average molecular weight is 295 g/mol. The molecule has 3 N–H and O–H groups in total. The Hall–Kier alpha value is -2.08. The molecule has 1 amide bonds. The zero-order valence-electron chi connectivity index (χ0n) is 12.7. The van der Waals surface area contributed by atoms with Crippen LogP contribution in [0.25, 0.3) is 0 Å². The van der Waals surface area contributed by atoms with Gasteiger partial charge in [-0.25, -0.2) is 9.59 Å². The minimum absolute atomic E-state index is 0.0658. The largest absolute Gasteiger partial charge is 0.478 e. The summed E-state index contributed by atoms with van der Waals surface area (Å²) in [7, 11) is 0. The number of aliphatic hydroxyl groups excluding tert-OH is 1. The van der Waals surface area contributed by atoms with Gasteiger partial charge < -0.3 is 20.3 Å². The maximum atomic E-state index is 11.6. The average Bonchev–Trinajstić information content (AvgIpc) is 2.34. The highest BCUT2D eigenvalue weighted by Crippen LogP contribution is 2.17. The van der Waals surface area contributed by atoms with Gasteiger partial charge in [0.25, 0.3) is 0 Å². The summed E-state index contributed by atoms with van der Waals surface area (Å²) in [4.78, 5) is 22.7. The van der Waals surface area contributed by atoms with Crippen molar-refractivity contribution < 1.29 is 24.5 Å². The Labute approximate surface area is 123 Å². The Bertz CT molecular complexity index is 546. The Balaban J connectivity index is 2.85. The summed E-state index contributed by atoms with van der Waals surface area (Å²) in [5.41, 5.74) is 1.25. The summed E-state index contributed by atoms with van der Waals surface area (Å²) in [6, 6.07) is 3.07. The van der Waals surface area contributed by atoms with E-state index in [1.165, 1.54) is 6.07 Å². The number of hydrogen-bond acceptors (Lipinski definition) is 4. The number of nitrogens with one attached hydrogen (secondary N) is 1. The van der Waals surface area contributed by atoms with E-state index in [1.54, 1.807) is 33.8 Å². The maximum absolute atomic E-state index is 11.6. The lowest BCUT2D eigenvalue weighted by Gasteiger charge is -2.20. The first kappa shape index (κ1) is 17.0. The molecule has 0 aliphatic carbocycles. The summed E-state index contributed by atoms with van der Waals surface area (Å²) in [6.45, 7) is 6.88. The Morgan fingerprint density at radius 2 is 1.86 bits per heavy atom. The number of benzene rings is 1. The van der Waals surface area contributed by atoms with E-state index in [1.807, 2.05) is 0 Å². The van der Waals surface area contributed by atoms with Gasteiger partial charge in [-0.1, -0.05) is 6.07 Å². The number of amides is 1. The van der Waals surface area contributed by atoms with Crippen LogP contribution in [0.2, 0.25) is 0 Å². The highest BCUT2D eigenvalue weighted by molar-refractivity contribution is 5.89. The predicted molar refractivity (Wildman–Crippen MR) is 77.1 cm³/mol.